The number of ether oxygens (including phenoxy) is 1. The molecule has 0 aliphatic heterocycles. The van der Waals surface area contributed by atoms with E-state index >= 15 is 0 Å². The predicted octanol–water partition coefficient (Wildman–Crippen LogP) is 3.84. The molecule has 0 heterocycles. The van der Waals surface area contributed by atoms with Crippen molar-refractivity contribution >= 4 is 0 Å². The smallest absolute Gasteiger partial charge is 0.376 e. The first-order valence-corrected chi connectivity index (χ1v) is 6.74. The van der Waals surface area contributed by atoms with Gasteiger partial charge in [-0.15, -0.1) is 0 Å². The summed E-state index contributed by atoms with van der Waals surface area (Å²) in [5, 5.41) is 3.20. The molecular formula is C15H20F3NO. The quantitative estimate of drug-likeness (QED) is 0.908. The molecule has 0 saturated heterocycles. The van der Waals surface area contributed by atoms with Gasteiger partial charge in [-0.1, -0.05) is 6.07 Å². The Bertz CT molecular complexity index is 475. The summed E-state index contributed by atoms with van der Waals surface area (Å²) < 4.78 is 43.8. The van der Waals surface area contributed by atoms with E-state index in [1.807, 2.05) is 7.05 Å². The maximum atomic E-state index is 12.7. The van der Waals surface area contributed by atoms with Gasteiger partial charge in [0.25, 0.3) is 0 Å². The Morgan fingerprint density at radius 3 is 2.30 bits per heavy atom. The Labute approximate surface area is 117 Å². The molecule has 0 bridgehead atoms. The number of likely N-dealkylation sites (N-methyl/N-ethyl adjacent to an activating group) is 1. The van der Waals surface area contributed by atoms with Crippen LogP contribution in [0, 0.1) is 6.92 Å². The van der Waals surface area contributed by atoms with Crippen molar-refractivity contribution in [2.45, 2.75) is 44.0 Å². The highest BCUT2D eigenvalue weighted by Crippen LogP contribution is 2.45. The minimum absolute atomic E-state index is 0.0801. The Balaban J connectivity index is 2.36. The first-order chi connectivity index (χ1) is 9.34. The summed E-state index contributed by atoms with van der Waals surface area (Å²) in [5.41, 5.74) is 0.623. The van der Waals surface area contributed by atoms with Crippen molar-refractivity contribution in [3.8, 4) is 0 Å². The molecule has 20 heavy (non-hydrogen) atoms. The van der Waals surface area contributed by atoms with E-state index < -0.39 is 11.7 Å². The summed E-state index contributed by atoms with van der Waals surface area (Å²) in [6.07, 6.45) is -1.36. The summed E-state index contributed by atoms with van der Waals surface area (Å²) in [6, 6.07) is 3.85. The molecule has 2 rings (SSSR count). The summed E-state index contributed by atoms with van der Waals surface area (Å²) in [7, 11) is 3.49. The van der Waals surface area contributed by atoms with Gasteiger partial charge in [-0.2, -0.15) is 13.2 Å². The van der Waals surface area contributed by atoms with Crippen LogP contribution in [0.15, 0.2) is 18.2 Å². The molecule has 1 saturated carbocycles. The zero-order chi connectivity index (χ0) is 15.0. The Morgan fingerprint density at radius 1 is 1.30 bits per heavy atom. The van der Waals surface area contributed by atoms with Crippen LogP contribution in [0.3, 0.4) is 0 Å². The maximum absolute atomic E-state index is 12.7. The molecule has 0 aromatic heterocycles. The molecule has 0 spiro atoms. The van der Waals surface area contributed by atoms with Crippen molar-refractivity contribution in [3.63, 3.8) is 0 Å². The predicted molar refractivity (Wildman–Crippen MR) is 71.6 cm³/mol. The van der Waals surface area contributed by atoms with Gasteiger partial charge in [0, 0.05) is 7.11 Å². The number of aryl methyl sites for hydroxylation is 1. The summed E-state index contributed by atoms with van der Waals surface area (Å²) in [6.45, 7) is 1.72. The molecular weight excluding hydrogens is 267 g/mol. The maximum Gasteiger partial charge on any atom is 0.416 e. The SMILES string of the molecule is CNC(c1ccc(C(F)(F)F)cc1C)C1(OC)CCC1. The number of alkyl halides is 3. The molecule has 1 aromatic carbocycles. The molecule has 1 atom stereocenters. The second-order valence-electron chi connectivity index (χ2n) is 5.41. The molecule has 2 nitrogen and oxygen atoms in total. The fourth-order valence-electron chi connectivity index (χ4n) is 3.01. The molecule has 0 amide bonds. The number of halogens is 3. The van der Waals surface area contributed by atoms with E-state index in [1.54, 1.807) is 20.1 Å². The topological polar surface area (TPSA) is 21.3 Å². The zero-order valence-electron chi connectivity index (χ0n) is 12.0. The number of benzene rings is 1. The van der Waals surface area contributed by atoms with Crippen LogP contribution in [-0.2, 0) is 10.9 Å². The third kappa shape index (κ3) is 2.56. The lowest BCUT2D eigenvalue weighted by atomic mass is 9.71. The minimum Gasteiger partial charge on any atom is -0.376 e. The highest BCUT2D eigenvalue weighted by atomic mass is 19.4. The highest BCUT2D eigenvalue weighted by molar-refractivity contribution is 5.36. The van der Waals surface area contributed by atoms with Gasteiger partial charge in [0.05, 0.1) is 17.2 Å². The van der Waals surface area contributed by atoms with E-state index in [0.717, 1.165) is 30.9 Å². The minimum atomic E-state index is -4.30. The third-order valence-electron chi connectivity index (χ3n) is 4.33. The molecule has 0 radical (unpaired) electrons. The molecule has 1 unspecified atom stereocenters. The van der Waals surface area contributed by atoms with E-state index in [4.69, 9.17) is 4.74 Å². The van der Waals surface area contributed by atoms with Crippen molar-refractivity contribution in [3.05, 3.63) is 34.9 Å². The Kier molecular flexibility index (Phi) is 4.12. The monoisotopic (exact) mass is 287 g/mol. The van der Waals surface area contributed by atoms with Crippen LogP contribution in [0.5, 0.6) is 0 Å². The van der Waals surface area contributed by atoms with Crippen LogP contribution in [0.1, 0.15) is 42.0 Å². The summed E-state index contributed by atoms with van der Waals surface area (Å²) in [5.74, 6) is 0. The third-order valence-corrected chi connectivity index (χ3v) is 4.33. The Morgan fingerprint density at radius 2 is 1.95 bits per heavy atom. The molecule has 1 aliphatic carbocycles. The average molecular weight is 287 g/mol. The number of hydrogen-bond donors (Lipinski definition) is 1. The number of methoxy groups -OCH3 is 1. The normalized spacial score (nSPS) is 19.5. The van der Waals surface area contributed by atoms with Gasteiger partial charge in [-0.3, -0.25) is 0 Å². The van der Waals surface area contributed by atoms with Gasteiger partial charge in [-0.05, 0) is 56.5 Å². The molecule has 1 N–H and O–H groups in total. The van der Waals surface area contributed by atoms with Crippen molar-refractivity contribution < 1.29 is 17.9 Å². The van der Waals surface area contributed by atoms with E-state index in [9.17, 15) is 13.2 Å². The van der Waals surface area contributed by atoms with Gasteiger partial charge < -0.3 is 10.1 Å². The lowest BCUT2D eigenvalue weighted by Crippen LogP contribution is -2.50. The van der Waals surface area contributed by atoms with Crippen LogP contribution < -0.4 is 5.32 Å². The van der Waals surface area contributed by atoms with E-state index in [2.05, 4.69) is 5.32 Å². The fourth-order valence-corrected chi connectivity index (χ4v) is 3.01. The van der Waals surface area contributed by atoms with Gasteiger partial charge >= 0.3 is 6.18 Å². The largest absolute Gasteiger partial charge is 0.416 e. The molecule has 1 aromatic rings. The van der Waals surface area contributed by atoms with Gasteiger partial charge in [0.2, 0.25) is 0 Å². The lowest BCUT2D eigenvalue weighted by Gasteiger charge is -2.47. The second kappa shape index (κ2) is 5.37. The van der Waals surface area contributed by atoms with Crippen LogP contribution in [0.25, 0.3) is 0 Å². The van der Waals surface area contributed by atoms with Crippen molar-refractivity contribution in [1.29, 1.82) is 0 Å². The van der Waals surface area contributed by atoms with Gasteiger partial charge in [0.1, 0.15) is 0 Å². The van der Waals surface area contributed by atoms with Crippen molar-refractivity contribution in [2.24, 2.45) is 0 Å². The molecule has 1 aliphatic rings. The Hall–Kier alpha value is -1.07. The second-order valence-corrected chi connectivity index (χ2v) is 5.41. The number of rotatable bonds is 4. The van der Waals surface area contributed by atoms with Crippen LogP contribution >= 0.6 is 0 Å². The molecule has 1 fully saturated rings. The molecule has 112 valence electrons. The summed E-state index contributed by atoms with van der Waals surface area (Å²) >= 11 is 0. The fraction of sp³-hybridized carbons (Fsp3) is 0.600. The van der Waals surface area contributed by atoms with Gasteiger partial charge in [-0.25, -0.2) is 0 Å². The van der Waals surface area contributed by atoms with Crippen LogP contribution in [-0.4, -0.2) is 19.8 Å². The lowest BCUT2D eigenvalue weighted by molar-refractivity contribution is -0.137. The highest BCUT2D eigenvalue weighted by Gasteiger charge is 2.45. The first-order valence-electron chi connectivity index (χ1n) is 6.74. The standard InChI is InChI=1S/C15H20F3NO/c1-10-9-11(15(16,17)18)5-6-12(10)13(19-2)14(20-3)7-4-8-14/h5-6,9,13,19H,4,7-8H2,1-3H3. The van der Waals surface area contributed by atoms with Gasteiger partial charge in [0.15, 0.2) is 0 Å². The zero-order valence-corrected chi connectivity index (χ0v) is 12.0. The average Bonchev–Trinajstić information content (AvgIpc) is 2.33. The number of nitrogens with one attached hydrogen (secondary N) is 1. The first kappa shape index (κ1) is 15.3. The van der Waals surface area contributed by atoms with Crippen LogP contribution in [0.4, 0.5) is 13.2 Å². The van der Waals surface area contributed by atoms with Crippen molar-refractivity contribution in [2.75, 3.05) is 14.2 Å². The molecule has 5 heteroatoms. The van der Waals surface area contributed by atoms with E-state index in [0.29, 0.717) is 5.56 Å². The van der Waals surface area contributed by atoms with Crippen molar-refractivity contribution in [1.82, 2.24) is 5.32 Å². The summed E-state index contributed by atoms with van der Waals surface area (Å²) in [4.78, 5) is 0. The van der Waals surface area contributed by atoms with Crippen LogP contribution in [0.2, 0.25) is 0 Å². The number of hydrogen-bond acceptors (Lipinski definition) is 2. The van der Waals surface area contributed by atoms with E-state index in [-0.39, 0.29) is 11.6 Å². The van der Waals surface area contributed by atoms with E-state index in [1.165, 1.54) is 6.07 Å².